The second-order valence-electron chi connectivity index (χ2n) is 3.73. The van der Waals surface area contributed by atoms with Crippen LogP contribution in [0, 0.1) is 11.7 Å². The quantitative estimate of drug-likeness (QED) is 0.789. The second kappa shape index (κ2) is 5.63. The molecule has 0 amide bonds. The molecule has 4 nitrogen and oxygen atoms in total. The lowest BCUT2D eigenvalue weighted by Crippen LogP contribution is -2.23. The summed E-state index contributed by atoms with van der Waals surface area (Å²) in [5, 5.41) is 19.2. The van der Waals surface area contributed by atoms with Gasteiger partial charge in [-0.15, -0.1) is 0 Å². The Labute approximate surface area is 98.7 Å². The van der Waals surface area contributed by atoms with Gasteiger partial charge in [-0.1, -0.05) is 6.92 Å². The lowest BCUT2D eigenvalue weighted by molar-refractivity contribution is -0.149. The Morgan fingerprint density at radius 1 is 1.47 bits per heavy atom. The van der Waals surface area contributed by atoms with E-state index in [4.69, 9.17) is 0 Å². The minimum atomic E-state index is -1.20. The van der Waals surface area contributed by atoms with Crippen molar-refractivity contribution in [3.05, 3.63) is 29.6 Å². The number of phenols is 1. The monoisotopic (exact) mass is 242 g/mol. The maximum absolute atomic E-state index is 13.1. The number of carbonyl (C=O) groups is 1. The van der Waals surface area contributed by atoms with E-state index in [1.165, 1.54) is 13.2 Å². The number of aromatic hydroxyl groups is 1. The van der Waals surface area contributed by atoms with Crippen molar-refractivity contribution in [3.63, 3.8) is 0 Å². The van der Waals surface area contributed by atoms with Gasteiger partial charge in [-0.25, -0.2) is 4.39 Å². The molecule has 0 radical (unpaired) electrons. The van der Waals surface area contributed by atoms with E-state index in [0.29, 0.717) is 6.42 Å². The molecular formula is C12H15FO4. The minimum absolute atomic E-state index is 0.153. The molecule has 2 atom stereocenters. The molecule has 1 aromatic rings. The van der Waals surface area contributed by atoms with Crippen molar-refractivity contribution in [2.45, 2.75) is 19.4 Å². The smallest absolute Gasteiger partial charge is 0.311 e. The Bertz CT molecular complexity index is 385. The molecule has 0 aliphatic rings. The van der Waals surface area contributed by atoms with Gasteiger partial charge in [0.05, 0.1) is 19.1 Å². The molecule has 0 heterocycles. The highest BCUT2D eigenvalue weighted by molar-refractivity contribution is 5.73. The lowest BCUT2D eigenvalue weighted by atomic mass is 9.93. The summed E-state index contributed by atoms with van der Waals surface area (Å²) in [6, 6.07) is 3.23. The summed E-state index contributed by atoms with van der Waals surface area (Å²) in [4.78, 5) is 11.4. The number of carbonyl (C=O) groups excluding carboxylic acids is 1. The molecule has 2 N–H and O–H groups in total. The van der Waals surface area contributed by atoms with E-state index < -0.39 is 23.8 Å². The maximum Gasteiger partial charge on any atom is 0.311 e. The molecule has 5 heteroatoms. The van der Waals surface area contributed by atoms with E-state index in [2.05, 4.69) is 4.74 Å². The summed E-state index contributed by atoms with van der Waals surface area (Å²) in [7, 11) is 1.22. The Balaban J connectivity index is 3.01. The molecule has 0 saturated carbocycles. The van der Waals surface area contributed by atoms with Crippen LogP contribution in [0.4, 0.5) is 4.39 Å². The third-order valence-corrected chi connectivity index (χ3v) is 2.57. The minimum Gasteiger partial charge on any atom is -0.508 e. The van der Waals surface area contributed by atoms with E-state index in [1.54, 1.807) is 6.92 Å². The van der Waals surface area contributed by atoms with Gasteiger partial charge < -0.3 is 14.9 Å². The molecule has 0 aromatic heterocycles. The number of halogens is 1. The molecule has 0 spiro atoms. The predicted octanol–water partition coefficient (Wildman–Crippen LogP) is 1.76. The van der Waals surface area contributed by atoms with Crippen LogP contribution in [0.3, 0.4) is 0 Å². The number of methoxy groups -OCH3 is 1. The van der Waals surface area contributed by atoms with Crippen molar-refractivity contribution < 1.29 is 24.1 Å². The molecule has 1 rings (SSSR count). The summed E-state index contributed by atoms with van der Waals surface area (Å²) in [5.74, 6) is -2.30. The normalized spacial score (nSPS) is 14.1. The van der Waals surface area contributed by atoms with Crippen molar-refractivity contribution in [3.8, 4) is 5.75 Å². The van der Waals surface area contributed by atoms with Gasteiger partial charge in [0, 0.05) is 6.07 Å². The van der Waals surface area contributed by atoms with Crippen LogP contribution < -0.4 is 0 Å². The van der Waals surface area contributed by atoms with E-state index in [0.717, 1.165) is 12.1 Å². The molecule has 17 heavy (non-hydrogen) atoms. The van der Waals surface area contributed by atoms with E-state index >= 15 is 0 Å². The second-order valence-corrected chi connectivity index (χ2v) is 3.73. The van der Waals surface area contributed by atoms with E-state index in [-0.39, 0.29) is 11.3 Å². The average molecular weight is 242 g/mol. The molecule has 2 unspecified atom stereocenters. The van der Waals surface area contributed by atoms with Crippen LogP contribution >= 0.6 is 0 Å². The molecule has 0 aliphatic heterocycles. The van der Waals surface area contributed by atoms with Gasteiger partial charge in [0.1, 0.15) is 11.6 Å². The van der Waals surface area contributed by atoms with Crippen molar-refractivity contribution in [1.82, 2.24) is 0 Å². The third kappa shape index (κ3) is 3.17. The number of hydrogen-bond donors (Lipinski definition) is 2. The van der Waals surface area contributed by atoms with Gasteiger partial charge in [0.15, 0.2) is 0 Å². The highest BCUT2D eigenvalue weighted by Gasteiger charge is 2.27. The first-order valence-electron chi connectivity index (χ1n) is 5.25. The van der Waals surface area contributed by atoms with Crippen molar-refractivity contribution in [1.29, 1.82) is 0 Å². The highest BCUT2D eigenvalue weighted by atomic mass is 19.1. The van der Waals surface area contributed by atoms with E-state index in [1.807, 2.05) is 0 Å². The van der Waals surface area contributed by atoms with Gasteiger partial charge in [0.2, 0.25) is 0 Å². The average Bonchev–Trinajstić information content (AvgIpc) is 2.28. The Morgan fingerprint density at radius 2 is 2.12 bits per heavy atom. The van der Waals surface area contributed by atoms with Crippen LogP contribution in [0.1, 0.15) is 25.0 Å². The first-order chi connectivity index (χ1) is 7.99. The van der Waals surface area contributed by atoms with Crippen molar-refractivity contribution >= 4 is 5.97 Å². The molecule has 0 saturated heterocycles. The van der Waals surface area contributed by atoms with Crippen molar-refractivity contribution in [2.75, 3.05) is 7.11 Å². The molecule has 0 fully saturated rings. The van der Waals surface area contributed by atoms with Crippen LogP contribution in [-0.4, -0.2) is 23.3 Å². The molecule has 0 bridgehead atoms. The fourth-order valence-corrected chi connectivity index (χ4v) is 1.67. The van der Waals surface area contributed by atoms with Crippen LogP contribution in [-0.2, 0) is 9.53 Å². The number of aliphatic hydroxyl groups is 1. The zero-order valence-electron chi connectivity index (χ0n) is 9.68. The number of phenolic OH excluding ortho intramolecular Hbond substituents is 1. The largest absolute Gasteiger partial charge is 0.508 e. The zero-order valence-corrected chi connectivity index (χ0v) is 9.68. The number of hydrogen-bond acceptors (Lipinski definition) is 4. The fraction of sp³-hybridized carbons (Fsp3) is 0.417. The Kier molecular flexibility index (Phi) is 4.45. The van der Waals surface area contributed by atoms with Gasteiger partial charge in [-0.3, -0.25) is 4.79 Å². The zero-order chi connectivity index (χ0) is 13.0. The van der Waals surface area contributed by atoms with Gasteiger partial charge in [-0.2, -0.15) is 0 Å². The SMILES string of the molecule is CCC(C(=O)OC)C(O)c1cc(O)cc(F)c1. The summed E-state index contributed by atoms with van der Waals surface area (Å²) < 4.78 is 17.6. The molecule has 94 valence electrons. The third-order valence-electron chi connectivity index (χ3n) is 2.57. The fourth-order valence-electron chi connectivity index (χ4n) is 1.67. The van der Waals surface area contributed by atoms with Crippen LogP contribution in [0.5, 0.6) is 5.75 Å². The Morgan fingerprint density at radius 3 is 2.59 bits per heavy atom. The van der Waals surface area contributed by atoms with Crippen LogP contribution in [0.2, 0.25) is 0 Å². The lowest BCUT2D eigenvalue weighted by Gasteiger charge is -2.19. The van der Waals surface area contributed by atoms with E-state index in [9.17, 15) is 19.4 Å². The van der Waals surface area contributed by atoms with Crippen LogP contribution in [0.25, 0.3) is 0 Å². The summed E-state index contributed by atoms with van der Waals surface area (Å²) in [5.41, 5.74) is 0.153. The topological polar surface area (TPSA) is 66.8 Å². The van der Waals surface area contributed by atoms with Gasteiger partial charge >= 0.3 is 5.97 Å². The van der Waals surface area contributed by atoms with Crippen LogP contribution in [0.15, 0.2) is 18.2 Å². The molecule has 1 aromatic carbocycles. The summed E-state index contributed by atoms with van der Waals surface area (Å²) >= 11 is 0. The van der Waals surface area contributed by atoms with Gasteiger partial charge in [0.25, 0.3) is 0 Å². The predicted molar refractivity (Wildman–Crippen MR) is 58.8 cm³/mol. The number of rotatable bonds is 4. The molecular weight excluding hydrogens is 227 g/mol. The number of benzene rings is 1. The first-order valence-corrected chi connectivity index (χ1v) is 5.25. The van der Waals surface area contributed by atoms with Crippen molar-refractivity contribution in [2.24, 2.45) is 5.92 Å². The standard InChI is InChI=1S/C12H15FO4/c1-3-10(12(16)17-2)11(15)7-4-8(13)6-9(14)5-7/h4-6,10-11,14-15H,3H2,1-2H3. The number of aliphatic hydroxyl groups excluding tert-OH is 1. The maximum atomic E-state index is 13.1. The molecule has 0 aliphatic carbocycles. The number of ether oxygens (including phenoxy) is 1. The highest BCUT2D eigenvalue weighted by Crippen LogP contribution is 2.28. The Hall–Kier alpha value is -1.62. The summed E-state index contributed by atoms with van der Waals surface area (Å²) in [6.45, 7) is 1.71. The number of esters is 1. The summed E-state index contributed by atoms with van der Waals surface area (Å²) in [6.07, 6.45) is -0.848. The first kappa shape index (κ1) is 13.4. The van der Waals surface area contributed by atoms with Gasteiger partial charge in [-0.05, 0) is 24.1 Å².